The van der Waals surface area contributed by atoms with E-state index in [1.807, 2.05) is 6.92 Å². The molecule has 2 N–H and O–H groups in total. The first kappa shape index (κ1) is 15.3. The Hall–Kier alpha value is -1.06. The van der Waals surface area contributed by atoms with Gasteiger partial charge in [0, 0.05) is 6.04 Å². The van der Waals surface area contributed by atoms with Crippen LogP contribution in [0.2, 0.25) is 0 Å². The van der Waals surface area contributed by atoms with Gasteiger partial charge in [0.1, 0.15) is 12.4 Å². The summed E-state index contributed by atoms with van der Waals surface area (Å²) in [4.78, 5) is 0. The molecule has 1 unspecified atom stereocenters. The van der Waals surface area contributed by atoms with Crippen LogP contribution in [-0.4, -0.2) is 29.9 Å². The van der Waals surface area contributed by atoms with Crippen LogP contribution < -0.4 is 10.1 Å². The number of hydrogen-bond acceptors (Lipinski definition) is 3. The number of aryl methyl sites for hydroxylation is 2. The molecule has 1 aromatic rings. The third kappa shape index (κ3) is 3.97. The lowest BCUT2D eigenvalue weighted by Gasteiger charge is -2.31. The van der Waals surface area contributed by atoms with Crippen molar-refractivity contribution in [2.75, 3.05) is 13.2 Å². The zero-order valence-corrected chi connectivity index (χ0v) is 12.9. The molecule has 0 spiro atoms. The van der Waals surface area contributed by atoms with Gasteiger partial charge in [0.15, 0.2) is 0 Å². The number of nitrogens with one attached hydrogen (secondary N) is 1. The Morgan fingerprint density at radius 1 is 1.25 bits per heavy atom. The summed E-state index contributed by atoms with van der Waals surface area (Å²) in [5.41, 5.74) is 2.49. The average molecular weight is 277 g/mol. The minimum atomic E-state index is -0.399. The van der Waals surface area contributed by atoms with E-state index in [1.54, 1.807) is 0 Å². The van der Waals surface area contributed by atoms with Gasteiger partial charge in [0.05, 0.1) is 12.1 Å². The lowest BCUT2D eigenvalue weighted by Crippen LogP contribution is -2.53. The molecule has 0 saturated carbocycles. The fraction of sp³-hybridized carbons (Fsp3) is 0.647. The lowest BCUT2D eigenvalue weighted by molar-refractivity contribution is 0.108. The van der Waals surface area contributed by atoms with Crippen molar-refractivity contribution in [1.29, 1.82) is 0 Å². The molecule has 0 aliphatic heterocycles. The standard InChI is InChI=1S/C17H27NO2/c1-13(2)18-17(3,11-19)12-20-16-9-8-14-6-4-5-7-15(14)10-16/h8-10,13,18-19H,4-7,11-12H2,1-3H3. The number of aliphatic hydroxyl groups is 1. The Labute approximate surface area is 122 Å². The predicted octanol–water partition coefficient (Wildman–Crippen LogP) is 2.69. The average Bonchev–Trinajstić information content (AvgIpc) is 2.44. The monoisotopic (exact) mass is 277 g/mol. The quantitative estimate of drug-likeness (QED) is 0.840. The van der Waals surface area contributed by atoms with E-state index in [4.69, 9.17) is 4.74 Å². The highest BCUT2D eigenvalue weighted by Crippen LogP contribution is 2.25. The summed E-state index contributed by atoms with van der Waals surface area (Å²) in [6.45, 7) is 6.68. The Bertz CT molecular complexity index is 445. The molecule has 1 aromatic carbocycles. The minimum Gasteiger partial charge on any atom is -0.492 e. The van der Waals surface area contributed by atoms with E-state index in [9.17, 15) is 5.11 Å². The maximum atomic E-state index is 9.56. The number of benzene rings is 1. The molecule has 0 heterocycles. The van der Waals surface area contributed by atoms with Crippen molar-refractivity contribution in [1.82, 2.24) is 5.32 Å². The first-order valence-electron chi connectivity index (χ1n) is 7.65. The van der Waals surface area contributed by atoms with E-state index in [-0.39, 0.29) is 6.61 Å². The number of fused-ring (bicyclic) bond motifs is 1. The van der Waals surface area contributed by atoms with E-state index in [0.717, 1.165) is 12.2 Å². The zero-order valence-electron chi connectivity index (χ0n) is 12.9. The fourth-order valence-electron chi connectivity index (χ4n) is 2.87. The maximum Gasteiger partial charge on any atom is 0.119 e. The van der Waals surface area contributed by atoms with Gasteiger partial charge in [-0.1, -0.05) is 19.9 Å². The van der Waals surface area contributed by atoms with Crippen LogP contribution in [0.5, 0.6) is 5.75 Å². The molecule has 2 rings (SSSR count). The van der Waals surface area contributed by atoms with Gasteiger partial charge in [-0.05, 0) is 55.9 Å². The summed E-state index contributed by atoms with van der Waals surface area (Å²) in [6.07, 6.45) is 4.93. The van der Waals surface area contributed by atoms with Gasteiger partial charge in [-0.25, -0.2) is 0 Å². The van der Waals surface area contributed by atoms with Crippen molar-refractivity contribution in [3.05, 3.63) is 29.3 Å². The summed E-state index contributed by atoms with van der Waals surface area (Å²) in [6, 6.07) is 6.73. The largest absolute Gasteiger partial charge is 0.492 e. The van der Waals surface area contributed by atoms with E-state index < -0.39 is 5.54 Å². The zero-order chi connectivity index (χ0) is 14.6. The third-order valence-corrected chi connectivity index (χ3v) is 3.86. The second kappa shape index (κ2) is 6.59. The summed E-state index contributed by atoms with van der Waals surface area (Å²) < 4.78 is 5.91. The van der Waals surface area contributed by atoms with Gasteiger partial charge >= 0.3 is 0 Å². The summed E-state index contributed by atoms with van der Waals surface area (Å²) in [5, 5.41) is 12.9. The van der Waals surface area contributed by atoms with Crippen LogP contribution in [-0.2, 0) is 12.8 Å². The van der Waals surface area contributed by atoms with Crippen LogP contribution in [0.1, 0.15) is 44.7 Å². The topological polar surface area (TPSA) is 41.5 Å². The van der Waals surface area contributed by atoms with Crippen molar-refractivity contribution in [2.45, 2.75) is 58.0 Å². The smallest absolute Gasteiger partial charge is 0.119 e. The molecule has 1 atom stereocenters. The van der Waals surface area contributed by atoms with Gasteiger partial charge in [-0.2, -0.15) is 0 Å². The highest BCUT2D eigenvalue weighted by Gasteiger charge is 2.25. The Kier molecular flexibility index (Phi) is 5.06. The van der Waals surface area contributed by atoms with Crippen LogP contribution in [0.3, 0.4) is 0 Å². The molecule has 0 amide bonds. The highest BCUT2D eigenvalue weighted by atomic mass is 16.5. The molecule has 0 aromatic heterocycles. The molecular formula is C17H27NO2. The molecule has 3 nitrogen and oxygen atoms in total. The van der Waals surface area contributed by atoms with Crippen LogP contribution in [0.15, 0.2) is 18.2 Å². The van der Waals surface area contributed by atoms with E-state index in [2.05, 4.69) is 37.4 Å². The van der Waals surface area contributed by atoms with E-state index in [0.29, 0.717) is 12.6 Å². The minimum absolute atomic E-state index is 0.0656. The number of rotatable bonds is 6. The Morgan fingerprint density at radius 2 is 1.95 bits per heavy atom. The molecule has 20 heavy (non-hydrogen) atoms. The Balaban J connectivity index is 1.99. The van der Waals surface area contributed by atoms with Crippen molar-refractivity contribution in [3.8, 4) is 5.75 Å². The van der Waals surface area contributed by atoms with Gasteiger partial charge in [-0.15, -0.1) is 0 Å². The molecule has 1 aliphatic rings. The SMILES string of the molecule is CC(C)NC(C)(CO)COc1ccc2c(c1)CCCC2. The fourth-order valence-corrected chi connectivity index (χ4v) is 2.87. The van der Waals surface area contributed by atoms with E-state index in [1.165, 1.54) is 30.4 Å². The first-order valence-corrected chi connectivity index (χ1v) is 7.65. The summed E-state index contributed by atoms with van der Waals surface area (Å²) in [7, 11) is 0. The van der Waals surface area contributed by atoms with Gasteiger partial charge in [0.2, 0.25) is 0 Å². The highest BCUT2D eigenvalue weighted by molar-refractivity contribution is 5.37. The van der Waals surface area contributed by atoms with Crippen molar-refractivity contribution >= 4 is 0 Å². The molecule has 0 radical (unpaired) electrons. The molecular weight excluding hydrogens is 250 g/mol. The maximum absolute atomic E-state index is 9.56. The van der Waals surface area contributed by atoms with Crippen molar-refractivity contribution < 1.29 is 9.84 Å². The molecule has 112 valence electrons. The van der Waals surface area contributed by atoms with Crippen LogP contribution in [0.4, 0.5) is 0 Å². The van der Waals surface area contributed by atoms with E-state index >= 15 is 0 Å². The van der Waals surface area contributed by atoms with Crippen LogP contribution in [0, 0.1) is 0 Å². The molecule has 1 aliphatic carbocycles. The first-order chi connectivity index (χ1) is 9.52. The lowest BCUT2D eigenvalue weighted by atomic mass is 9.92. The number of ether oxygens (including phenoxy) is 1. The van der Waals surface area contributed by atoms with Crippen LogP contribution in [0.25, 0.3) is 0 Å². The Morgan fingerprint density at radius 3 is 2.60 bits per heavy atom. The molecule has 0 saturated heterocycles. The van der Waals surface area contributed by atoms with Crippen molar-refractivity contribution in [2.24, 2.45) is 0 Å². The van der Waals surface area contributed by atoms with Gasteiger partial charge < -0.3 is 15.2 Å². The molecule has 3 heteroatoms. The second-order valence-corrected chi connectivity index (χ2v) is 6.44. The third-order valence-electron chi connectivity index (χ3n) is 3.86. The number of aliphatic hydroxyl groups excluding tert-OH is 1. The predicted molar refractivity (Wildman–Crippen MR) is 82.3 cm³/mol. The summed E-state index contributed by atoms with van der Waals surface area (Å²) >= 11 is 0. The van der Waals surface area contributed by atoms with Crippen LogP contribution >= 0.6 is 0 Å². The normalized spacial score (nSPS) is 17.6. The number of hydrogen-bond donors (Lipinski definition) is 2. The molecule has 0 fully saturated rings. The van der Waals surface area contributed by atoms with Crippen molar-refractivity contribution in [3.63, 3.8) is 0 Å². The summed E-state index contributed by atoms with van der Waals surface area (Å²) in [5.74, 6) is 0.913. The molecule has 0 bridgehead atoms. The van der Waals surface area contributed by atoms with Gasteiger partial charge in [-0.3, -0.25) is 0 Å². The second-order valence-electron chi connectivity index (χ2n) is 6.44. The van der Waals surface area contributed by atoms with Gasteiger partial charge in [0.25, 0.3) is 0 Å².